The van der Waals surface area contributed by atoms with Crippen LogP contribution in [0, 0.1) is 0 Å². The van der Waals surface area contributed by atoms with Gasteiger partial charge in [0.1, 0.15) is 12.4 Å². The van der Waals surface area contributed by atoms with Crippen molar-refractivity contribution in [2.24, 2.45) is 0 Å². The van der Waals surface area contributed by atoms with Gasteiger partial charge in [0.05, 0.1) is 0 Å². The number of rotatable bonds is 8. The van der Waals surface area contributed by atoms with Gasteiger partial charge in [0.2, 0.25) is 0 Å². The second kappa shape index (κ2) is 9.75. The number of aromatic nitrogens is 3. The minimum absolute atomic E-state index is 0.353. The van der Waals surface area contributed by atoms with Gasteiger partial charge in [-0.15, -0.1) is 10.2 Å². The lowest BCUT2D eigenvalue weighted by Crippen LogP contribution is -2.06. The summed E-state index contributed by atoms with van der Waals surface area (Å²) < 4.78 is 7.96. The van der Waals surface area contributed by atoms with E-state index < -0.39 is 0 Å². The van der Waals surface area contributed by atoms with Gasteiger partial charge in [-0.05, 0) is 29.8 Å². The van der Waals surface area contributed by atoms with Crippen molar-refractivity contribution in [2.75, 3.05) is 5.75 Å². The highest BCUT2D eigenvalue weighted by atomic mass is 32.2. The molecule has 3 aromatic carbocycles. The van der Waals surface area contributed by atoms with Gasteiger partial charge < -0.3 is 4.74 Å². The number of hydrogen-bond donors (Lipinski definition) is 0. The summed E-state index contributed by atoms with van der Waals surface area (Å²) in [6.45, 7) is 0.353. The molecule has 0 spiro atoms. The van der Waals surface area contributed by atoms with Crippen molar-refractivity contribution in [3.63, 3.8) is 0 Å². The van der Waals surface area contributed by atoms with Gasteiger partial charge in [-0.1, -0.05) is 90.6 Å². The van der Waals surface area contributed by atoms with Crippen LogP contribution < -0.4 is 4.74 Å². The minimum atomic E-state index is 0.353. The fourth-order valence-corrected chi connectivity index (χ4v) is 3.64. The van der Waals surface area contributed by atoms with Crippen LogP contribution in [0.3, 0.4) is 0 Å². The van der Waals surface area contributed by atoms with Crippen molar-refractivity contribution in [1.29, 1.82) is 0 Å². The maximum atomic E-state index is 5.90. The van der Waals surface area contributed by atoms with Crippen molar-refractivity contribution in [3.8, 4) is 11.4 Å². The first-order valence-electron chi connectivity index (χ1n) is 9.42. The van der Waals surface area contributed by atoms with Crippen LogP contribution in [0.25, 0.3) is 11.8 Å². The zero-order chi connectivity index (χ0) is 19.7. The number of thioether (sulfide) groups is 1. The molecule has 0 saturated carbocycles. The Balaban J connectivity index is 1.50. The van der Waals surface area contributed by atoms with Crippen LogP contribution in [-0.4, -0.2) is 20.5 Å². The number of nitrogens with zero attached hydrogens (tertiary/aromatic N) is 3. The molecule has 4 nitrogen and oxygen atoms in total. The molecule has 0 aliphatic rings. The molecule has 144 valence electrons. The maximum Gasteiger partial charge on any atom is 0.196 e. The fraction of sp³-hybridized carbons (Fsp3) is 0.0833. The van der Waals surface area contributed by atoms with Crippen LogP contribution in [0.15, 0.2) is 102 Å². The largest absolute Gasteiger partial charge is 0.486 e. The highest BCUT2D eigenvalue weighted by Gasteiger charge is 2.14. The molecule has 0 unspecified atom stereocenters. The third-order valence-electron chi connectivity index (χ3n) is 4.24. The third-order valence-corrected chi connectivity index (χ3v) is 5.13. The van der Waals surface area contributed by atoms with E-state index in [1.165, 1.54) is 5.56 Å². The lowest BCUT2D eigenvalue weighted by atomic mass is 10.2. The van der Waals surface area contributed by atoms with E-state index in [1.807, 2.05) is 66.7 Å². The average molecular weight is 400 g/mol. The lowest BCUT2D eigenvalue weighted by Gasteiger charge is -2.10. The molecule has 0 amide bonds. The van der Waals surface area contributed by atoms with Crippen molar-refractivity contribution in [3.05, 3.63) is 108 Å². The predicted octanol–water partition coefficient (Wildman–Crippen LogP) is 5.65. The van der Waals surface area contributed by atoms with Crippen LogP contribution >= 0.6 is 11.8 Å². The molecule has 4 rings (SSSR count). The first-order chi connectivity index (χ1) is 14.4. The first kappa shape index (κ1) is 19.0. The minimum Gasteiger partial charge on any atom is -0.486 e. The Kier molecular flexibility index (Phi) is 6.40. The number of hydrogen-bond acceptors (Lipinski definition) is 4. The van der Waals surface area contributed by atoms with Crippen LogP contribution in [0.5, 0.6) is 5.75 Å². The van der Waals surface area contributed by atoms with Crippen LogP contribution in [-0.2, 0) is 6.61 Å². The molecule has 1 aromatic heterocycles. The van der Waals surface area contributed by atoms with E-state index in [1.54, 1.807) is 11.8 Å². The van der Waals surface area contributed by atoms with E-state index in [2.05, 4.69) is 51.2 Å². The van der Waals surface area contributed by atoms with Gasteiger partial charge in [0, 0.05) is 11.4 Å². The molecule has 0 saturated heterocycles. The van der Waals surface area contributed by atoms with Crippen LogP contribution in [0.4, 0.5) is 0 Å². The monoisotopic (exact) mass is 399 g/mol. The van der Waals surface area contributed by atoms with Crippen molar-refractivity contribution >= 4 is 17.8 Å². The first-order valence-corrected chi connectivity index (χ1v) is 10.4. The molecule has 1 heterocycles. The summed E-state index contributed by atoms with van der Waals surface area (Å²) in [7, 11) is 0. The molecule has 0 aliphatic heterocycles. The summed E-state index contributed by atoms with van der Waals surface area (Å²) in [5.74, 6) is 2.39. The number of benzene rings is 3. The van der Waals surface area contributed by atoms with Gasteiger partial charge in [0.15, 0.2) is 11.0 Å². The Labute approximate surface area is 174 Å². The zero-order valence-electron chi connectivity index (χ0n) is 15.9. The SMILES string of the molecule is C(=C\c1ccccc1)/CSc1nnc(COc2ccccc2)n1-c1ccccc1. The third kappa shape index (κ3) is 5.15. The molecule has 0 fully saturated rings. The van der Waals surface area contributed by atoms with Crippen LogP contribution in [0.1, 0.15) is 11.4 Å². The van der Waals surface area contributed by atoms with E-state index in [9.17, 15) is 0 Å². The summed E-state index contributed by atoms with van der Waals surface area (Å²) in [4.78, 5) is 0. The molecule has 5 heteroatoms. The summed E-state index contributed by atoms with van der Waals surface area (Å²) in [6, 6.07) is 30.2. The number of para-hydroxylation sites is 2. The molecule has 0 radical (unpaired) electrons. The molecule has 4 aromatic rings. The van der Waals surface area contributed by atoms with E-state index in [0.29, 0.717) is 6.61 Å². The van der Waals surface area contributed by atoms with Crippen molar-refractivity contribution in [2.45, 2.75) is 11.8 Å². The Morgan fingerprint density at radius 3 is 2.17 bits per heavy atom. The van der Waals surface area contributed by atoms with Gasteiger partial charge in [-0.2, -0.15) is 0 Å². The van der Waals surface area contributed by atoms with E-state index >= 15 is 0 Å². The van der Waals surface area contributed by atoms with Gasteiger partial charge in [0.25, 0.3) is 0 Å². The molecule has 0 bridgehead atoms. The molecular formula is C24H21N3OS. The standard InChI is InChI=1S/C24H21N3OS/c1-4-11-20(12-5-1)13-10-18-29-24-26-25-23(19-28-22-16-8-3-9-17-22)27(24)21-14-6-2-7-15-21/h1-17H,18-19H2/b13-10+. The molecule has 0 N–H and O–H groups in total. The quantitative estimate of drug-likeness (QED) is 0.359. The van der Waals surface area contributed by atoms with E-state index in [0.717, 1.165) is 28.2 Å². The molecule has 0 atom stereocenters. The molecular weight excluding hydrogens is 378 g/mol. The normalized spacial score (nSPS) is 11.0. The summed E-state index contributed by atoms with van der Waals surface area (Å²) >= 11 is 1.65. The lowest BCUT2D eigenvalue weighted by molar-refractivity contribution is 0.293. The highest BCUT2D eigenvalue weighted by Crippen LogP contribution is 2.23. The summed E-state index contributed by atoms with van der Waals surface area (Å²) in [5.41, 5.74) is 2.22. The second-order valence-electron chi connectivity index (χ2n) is 6.30. The Morgan fingerprint density at radius 2 is 1.45 bits per heavy atom. The Bertz CT molecular complexity index is 1050. The predicted molar refractivity (Wildman–Crippen MR) is 118 cm³/mol. The smallest absolute Gasteiger partial charge is 0.196 e. The maximum absolute atomic E-state index is 5.90. The summed E-state index contributed by atoms with van der Waals surface area (Å²) in [6.07, 6.45) is 4.26. The summed E-state index contributed by atoms with van der Waals surface area (Å²) in [5, 5.41) is 9.65. The Morgan fingerprint density at radius 1 is 0.793 bits per heavy atom. The Hall–Kier alpha value is -3.31. The van der Waals surface area contributed by atoms with Gasteiger partial charge in [-0.3, -0.25) is 4.57 Å². The fourth-order valence-electron chi connectivity index (χ4n) is 2.86. The highest BCUT2D eigenvalue weighted by molar-refractivity contribution is 7.99. The number of ether oxygens (including phenoxy) is 1. The van der Waals surface area contributed by atoms with E-state index in [4.69, 9.17) is 4.74 Å². The van der Waals surface area contributed by atoms with Gasteiger partial charge in [-0.25, -0.2) is 0 Å². The topological polar surface area (TPSA) is 39.9 Å². The van der Waals surface area contributed by atoms with Crippen molar-refractivity contribution in [1.82, 2.24) is 14.8 Å². The molecule has 0 aliphatic carbocycles. The average Bonchev–Trinajstić information content (AvgIpc) is 3.20. The van der Waals surface area contributed by atoms with Gasteiger partial charge >= 0.3 is 0 Å². The van der Waals surface area contributed by atoms with E-state index in [-0.39, 0.29) is 0 Å². The van der Waals surface area contributed by atoms with Crippen LogP contribution in [0.2, 0.25) is 0 Å². The second-order valence-corrected chi connectivity index (χ2v) is 7.28. The molecule has 29 heavy (non-hydrogen) atoms. The zero-order valence-corrected chi connectivity index (χ0v) is 16.7. The van der Waals surface area contributed by atoms with Crippen molar-refractivity contribution < 1.29 is 4.74 Å².